The molecule has 1 aromatic heterocycles. The maximum Gasteiger partial charge on any atom is 0.0921 e. The van der Waals surface area contributed by atoms with Gasteiger partial charge in [-0.25, -0.2) is 4.98 Å². The van der Waals surface area contributed by atoms with Gasteiger partial charge in [-0.1, -0.05) is 12.8 Å². The van der Waals surface area contributed by atoms with Crippen molar-refractivity contribution in [1.29, 1.82) is 0 Å². The molecule has 1 heterocycles. The van der Waals surface area contributed by atoms with Gasteiger partial charge in [0.05, 0.1) is 6.33 Å². The topological polar surface area (TPSA) is 66.7 Å². The molecule has 1 aromatic rings. The Morgan fingerprint density at radius 1 is 1.44 bits per heavy atom. The normalized spacial score (nSPS) is 25.8. The molecule has 2 rings (SSSR count). The number of imidazole rings is 1. The Bertz CT molecular complexity index is 283. The van der Waals surface area contributed by atoms with E-state index in [2.05, 4.69) is 15.3 Å². The summed E-state index contributed by atoms with van der Waals surface area (Å²) in [5.74, 6) is 0.676. The lowest BCUT2D eigenvalue weighted by molar-refractivity contribution is 0.269. The van der Waals surface area contributed by atoms with Crippen LogP contribution in [0.5, 0.6) is 0 Å². The van der Waals surface area contributed by atoms with Gasteiger partial charge in [-0.05, 0) is 25.3 Å². The summed E-state index contributed by atoms with van der Waals surface area (Å²) in [6.45, 7) is 1.84. The van der Waals surface area contributed by atoms with Crippen LogP contribution in [-0.2, 0) is 6.42 Å². The summed E-state index contributed by atoms with van der Waals surface area (Å²) in [6.07, 6.45) is 9.91. The van der Waals surface area contributed by atoms with Crippen LogP contribution < -0.4 is 11.1 Å². The second-order valence-electron chi connectivity index (χ2n) is 4.67. The molecule has 2 unspecified atom stereocenters. The molecular weight excluding hydrogens is 200 g/mol. The molecule has 4 N–H and O–H groups in total. The van der Waals surface area contributed by atoms with Crippen molar-refractivity contribution < 1.29 is 0 Å². The van der Waals surface area contributed by atoms with Gasteiger partial charge in [-0.3, -0.25) is 0 Å². The van der Waals surface area contributed by atoms with Crippen molar-refractivity contribution in [2.24, 2.45) is 11.7 Å². The molecule has 4 heteroatoms. The standard InChI is InChI=1S/C12H22N4/c13-7-10-3-1-2-4-12(10)15-6-5-11-8-14-9-16-11/h8-10,12,15H,1-7,13H2,(H,14,16). The monoisotopic (exact) mass is 222 g/mol. The number of aromatic nitrogens is 2. The number of hydrogen-bond donors (Lipinski definition) is 3. The highest BCUT2D eigenvalue weighted by atomic mass is 14.9. The Hall–Kier alpha value is -0.870. The van der Waals surface area contributed by atoms with Gasteiger partial charge in [0, 0.05) is 30.9 Å². The molecule has 90 valence electrons. The third-order valence-electron chi connectivity index (χ3n) is 3.57. The van der Waals surface area contributed by atoms with Crippen molar-refractivity contribution in [3.63, 3.8) is 0 Å². The van der Waals surface area contributed by atoms with E-state index < -0.39 is 0 Å². The van der Waals surface area contributed by atoms with Crippen molar-refractivity contribution in [3.05, 3.63) is 18.2 Å². The molecule has 1 saturated carbocycles. The van der Waals surface area contributed by atoms with E-state index >= 15 is 0 Å². The van der Waals surface area contributed by atoms with Gasteiger partial charge < -0.3 is 16.0 Å². The number of nitrogens with zero attached hydrogens (tertiary/aromatic N) is 1. The first kappa shape index (κ1) is 11.6. The number of nitrogens with two attached hydrogens (primary N) is 1. The van der Waals surface area contributed by atoms with Crippen LogP contribution in [0.3, 0.4) is 0 Å². The molecule has 1 fully saturated rings. The molecule has 4 nitrogen and oxygen atoms in total. The quantitative estimate of drug-likeness (QED) is 0.698. The average molecular weight is 222 g/mol. The van der Waals surface area contributed by atoms with Crippen LogP contribution in [0.4, 0.5) is 0 Å². The highest BCUT2D eigenvalue weighted by Gasteiger charge is 2.22. The first-order valence-corrected chi connectivity index (χ1v) is 6.31. The Labute approximate surface area is 97.0 Å². The van der Waals surface area contributed by atoms with E-state index in [9.17, 15) is 0 Å². The summed E-state index contributed by atoms with van der Waals surface area (Å²) < 4.78 is 0. The first-order chi connectivity index (χ1) is 7.90. The van der Waals surface area contributed by atoms with Crippen molar-refractivity contribution in [2.45, 2.75) is 38.1 Å². The van der Waals surface area contributed by atoms with Crippen LogP contribution in [0.25, 0.3) is 0 Å². The van der Waals surface area contributed by atoms with Gasteiger partial charge in [0.25, 0.3) is 0 Å². The molecule has 0 saturated heterocycles. The zero-order chi connectivity index (χ0) is 11.2. The second-order valence-corrected chi connectivity index (χ2v) is 4.67. The third-order valence-corrected chi connectivity index (χ3v) is 3.57. The predicted molar refractivity (Wildman–Crippen MR) is 65.1 cm³/mol. The van der Waals surface area contributed by atoms with E-state index in [0.717, 1.165) is 19.5 Å². The van der Waals surface area contributed by atoms with Gasteiger partial charge in [0.15, 0.2) is 0 Å². The Morgan fingerprint density at radius 2 is 2.31 bits per heavy atom. The van der Waals surface area contributed by atoms with Crippen LogP contribution in [0.15, 0.2) is 12.5 Å². The third kappa shape index (κ3) is 3.06. The Kier molecular flexibility index (Phi) is 4.36. The summed E-state index contributed by atoms with van der Waals surface area (Å²) in [4.78, 5) is 7.14. The van der Waals surface area contributed by atoms with Crippen LogP contribution >= 0.6 is 0 Å². The number of H-pyrrole nitrogens is 1. The SMILES string of the molecule is NCC1CCCCC1NCCc1cnc[nH]1. The van der Waals surface area contributed by atoms with Crippen LogP contribution in [0.1, 0.15) is 31.4 Å². The van der Waals surface area contributed by atoms with Crippen molar-refractivity contribution >= 4 is 0 Å². The zero-order valence-electron chi connectivity index (χ0n) is 9.78. The summed E-state index contributed by atoms with van der Waals surface area (Å²) in [6, 6.07) is 0.627. The summed E-state index contributed by atoms with van der Waals surface area (Å²) in [7, 11) is 0. The van der Waals surface area contributed by atoms with Gasteiger partial charge in [0.2, 0.25) is 0 Å². The number of aromatic amines is 1. The average Bonchev–Trinajstić information content (AvgIpc) is 2.83. The van der Waals surface area contributed by atoms with E-state index in [1.807, 2.05) is 6.20 Å². The minimum atomic E-state index is 0.627. The Morgan fingerprint density at radius 3 is 3.06 bits per heavy atom. The largest absolute Gasteiger partial charge is 0.348 e. The molecule has 16 heavy (non-hydrogen) atoms. The van der Waals surface area contributed by atoms with E-state index in [1.54, 1.807) is 6.33 Å². The lowest BCUT2D eigenvalue weighted by Crippen LogP contribution is -2.42. The molecule has 0 aliphatic heterocycles. The molecular formula is C12H22N4. The van der Waals surface area contributed by atoms with Gasteiger partial charge in [-0.2, -0.15) is 0 Å². The molecule has 1 aliphatic carbocycles. The molecule has 0 bridgehead atoms. The molecule has 0 radical (unpaired) electrons. The van der Waals surface area contributed by atoms with Crippen LogP contribution in [-0.4, -0.2) is 29.1 Å². The highest BCUT2D eigenvalue weighted by molar-refractivity contribution is 4.95. The van der Waals surface area contributed by atoms with Gasteiger partial charge in [-0.15, -0.1) is 0 Å². The highest BCUT2D eigenvalue weighted by Crippen LogP contribution is 2.23. The molecule has 0 amide bonds. The number of rotatable bonds is 5. The van der Waals surface area contributed by atoms with Crippen molar-refractivity contribution in [3.8, 4) is 0 Å². The second kappa shape index (κ2) is 6.01. The number of hydrogen-bond acceptors (Lipinski definition) is 3. The molecule has 0 aromatic carbocycles. The summed E-state index contributed by atoms with van der Waals surface area (Å²) in [5, 5.41) is 3.63. The zero-order valence-corrected chi connectivity index (χ0v) is 9.78. The fraction of sp³-hybridized carbons (Fsp3) is 0.750. The van der Waals surface area contributed by atoms with E-state index in [-0.39, 0.29) is 0 Å². The smallest absolute Gasteiger partial charge is 0.0921 e. The van der Waals surface area contributed by atoms with Crippen molar-refractivity contribution in [1.82, 2.24) is 15.3 Å². The van der Waals surface area contributed by atoms with Crippen molar-refractivity contribution in [2.75, 3.05) is 13.1 Å². The minimum Gasteiger partial charge on any atom is -0.348 e. The number of nitrogens with one attached hydrogen (secondary N) is 2. The fourth-order valence-electron chi connectivity index (χ4n) is 2.57. The predicted octanol–water partition coefficient (Wildman–Crippen LogP) is 1.06. The first-order valence-electron chi connectivity index (χ1n) is 6.31. The summed E-state index contributed by atoms with van der Waals surface area (Å²) >= 11 is 0. The van der Waals surface area contributed by atoms with Gasteiger partial charge in [0.1, 0.15) is 0 Å². The molecule has 0 spiro atoms. The maximum atomic E-state index is 5.80. The fourth-order valence-corrected chi connectivity index (χ4v) is 2.57. The van der Waals surface area contributed by atoms with Gasteiger partial charge >= 0.3 is 0 Å². The minimum absolute atomic E-state index is 0.627. The van der Waals surface area contributed by atoms with E-state index in [1.165, 1.54) is 31.4 Å². The van der Waals surface area contributed by atoms with E-state index in [0.29, 0.717) is 12.0 Å². The maximum absolute atomic E-state index is 5.80. The lowest BCUT2D eigenvalue weighted by atomic mass is 9.84. The van der Waals surface area contributed by atoms with Crippen LogP contribution in [0.2, 0.25) is 0 Å². The summed E-state index contributed by atoms with van der Waals surface area (Å²) in [5.41, 5.74) is 7.01. The van der Waals surface area contributed by atoms with E-state index in [4.69, 9.17) is 5.73 Å². The lowest BCUT2D eigenvalue weighted by Gasteiger charge is -2.31. The molecule has 1 aliphatic rings. The van der Waals surface area contributed by atoms with Crippen LogP contribution in [0, 0.1) is 5.92 Å². The molecule has 2 atom stereocenters. The Balaban J connectivity index is 1.71.